The van der Waals surface area contributed by atoms with Crippen molar-refractivity contribution in [2.24, 2.45) is 5.92 Å². The Bertz CT molecular complexity index is 356. The van der Waals surface area contributed by atoms with E-state index in [1.807, 2.05) is 0 Å². The zero-order valence-corrected chi connectivity index (χ0v) is 11.5. The number of hydrogen-bond acceptors (Lipinski definition) is 7. The number of carbonyl (C=O) groups is 2. The van der Waals surface area contributed by atoms with E-state index < -0.39 is 17.9 Å². The molecule has 0 bridgehead atoms. The number of carbonyl (C=O) groups excluding carboxylic acids is 1. The number of ether oxygens (including phenoxy) is 3. The van der Waals surface area contributed by atoms with Gasteiger partial charge in [0, 0.05) is 20.8 Å². The molecule has 0 aliphatic heterocycles. The van der Waals surface area contributed by atoms with Crippen molar-refractivity contribution in [3.63, 3.8) is 0 Å². The first-order valence-electron chi connectivity index (χ1n) is 5.66. The molecular formula is C12H18N2O6. The van der Waals surface area contributed by atoms with Crippen LogP contribution in [0.5, 0.6) is 0 Å². The minimum absolute atomic E-state index is 0.191. The molecule has 112 valence electrons. The summed E-state index contributed by atoms with van der Waals surface area (Å²) in [5.41, 5.74) is 0. The zero-order valence-electron chi connectivity index (χ0n) is 11.5. The first-order chi connectivity index (χ1) is 9.53. The van der Waals surface area contributed by atoms with Crippen LogP contribution in [0.4, 0.5) is 0 Å². The van der Waals surface area contributed by atoms with Gasteiger partial charge in [-0.05, 0) is 6.42 Å². The van der Waals surface area contributed by atoms with Crippen LogP contribution in [0.3, 0.4) is 0 Å². The Labute approximate surface area is 117 Å². The summed E-state index contributed by atoms with van der Waals surface area (Å²) in [5, 5.41) is 24.6. The number of carboxylic acids is 1. The predicted molar refractivity (Wildman–Crippen MR) is 66.3 cm³/mol. The molecular weight excluding hydrogens is 268 g/mol. The van der Waals surface area contributed by atoms with Crippen LogP contribution in [0.15, 0.2) is 0 Å². The number of methoxy groups -OCH3 is 2. The van der Waals surface area contributed by atoms with Crippen molar-refractivity contribution in [1.82, 2.24) is 0 Å². The maximum Gasteiger partial charge on any atom is 0.320 e. The number of hydrogen-bond donors (Lipinski definition) is 1. The quantitative estimate of drug-likeness (QED) is 0.499. The molecule has 1 N–H and O–H groups in total. The molecule has 8 heteroatoms. The number of carboxylic acid groups (broad SMARTS) is 1. The summed E-state index contributed by atoms with van der Waals surface area (Å²) in [6.07, 6.45) is 0.0616. The third kappa shape index (κ3) is 13.9. The fraction of sp³-hybridized carbons (Fsp3) is 0.667. The summed E-state index contributed by atoms with van der Waals surface area (Å²) in [5.74, 6) is -2.51. The van der Waals surface area contributed by atoms with E-state index >= 15 is 0 Å². The predicted octanol–water partition coefficient (Wildman–Crippen LogP) is 0.337. The molecule has 0 fully saturated rings. The molecule has 0 aromatic carbocycles. The Balaban J connectivity index is 0. The van der Waals surface area contributed by atoms with Crippen molar-refractivity contribution >= 4 is 11.9 Å². The zero-order chi connectivity index (χ0) is 15.8. The first kappa shape index (κ1) is 20.2. The lowest BCUT2D eigenvalue weighted by molar-refractivity contribution is -0.143. The van der Waals surface area contributed by atoms with E-state index in [9.17, 15) is 9.59 Å². The van der Waals surface area contributed by atoms with Crippen LogP contribution in [0.1, 0.15) is 12.8 Å². The molecule has 1 atom stereocenters. The van der Waals surface area contributed by atoms with Crippen LogP contribution >= 0.6 is 0 Å². The van der Waals surface area contributed by atoms with E-state index in [1.165, 1.54) is 14.2 Å². The van der Waals surface area contributed by atoms with E-state index in [-0.39, 0.29) is 19.4 Å². The molecule has 0 aromatic rings. The molecule has 0 saturated heterocycles. The van der Waals surface area contributed by atoms with Gasteiger partial charge in [0.25, 0.3) is 0 Å². The van der Waals surface area contributed by atoms with Gasteiger partial charge in [-0.3, -0.25) is 9.59 Å². The van der Waals surface area contributed by atoms with Gasteiger partial charge in [0.1, 0.15) is 18.9 Å². The van der Waals surface area contributed by atoms with Crippen molar-refractivity contribution in [1.29, 1.82) is 10.5 Å². The third-order valence-corrected chi connectivity index (χ3v) is 1.84. The molecule has 0 aliphatic rings. The summed E-state index contributed by atoms with van der Waals surface area (Å²) in [6, 6.07) is 3.34. The van der Waals surface area contributed by atoms with Crippen molar-refractivity contribution in [3.8, 4) is 12.1 Å². The number of nitriles is 2. The van der Waals surface area contributed by atoms with Gasteiger partial charge in [-0.25, -0.2) is 0 Å². The lowest BCUT2D eigenvalue weighted by Gasteiger charge is -2.00. The van der Waals surface area contributed by atoms with Crippen LogP contribution < -0.4 is 0 Å². The van der Waals surface area contributed by atoms with Crippen LogP contribution in [-0.2, 0) is 23.8 Å². The molecule has 8 nitrogen and oxygen atoms in total. The van der Waals surface area contributed by atoms with E-state index in [1.54, 1.807) is 12.1 Å². The van der Waals surface area contributed by atoms with E-state index in [0.717, 1.165) is 0 Å². The van der Waals surface area contributed by atoms with Gasteiger partial charge in [-0.2, -0.15) is 10.5 Å². The van der Waals surface area contributed by atoms with Gasteiger partial charge in [-0.1, -0.05) is 0 Å². The molecule has 0 aromatic heterocycles. The average molecular weight is 286 g/mol. The van der Waals surface area contributed by atoms with E-state index in [2.05, 4.69) is 14.2 Å². The highest BCUT2D eigenvalue weighted by Crippen LogP contribution is 2.00. The summed E-state index contributed by atoms with van der Waals surface area (Å²) in [4.78, 5) is 20.6. The first-order valence-corrected chi connectivity index (χ1v) is 5.66. The third-order valence-electron chi connectivity index (χ3n) is 1.84. The van der Waals surface area contributed by atoms with Crippen molar-refractivity contribution in [3.05, 3.63) is 0 Å². The second-order valence-corrected chi connectivity index (χ2v) is 3.35. The number of rotatable bonds is 8. The van der Waals surface area contributed by atoms with Crippen LogP contribution in [0.2, 0.25) is 0 Å². The van der Waals surface area contributed by atoms with E-state index in [4.69, 9.17) is 15.6 Å². The van der Waals surface area contributed by atoms with Crippen molar-refractivity contribution < 1.29 is 28.9 Å². The summed E-state index contributed by atoms with van der Waals surface area (Å²) in [7, 11) is 2.98. The Morgan fingerprint density at radius 2 is 1.75 bits per heavy atom. The average Bonchev–Trinajstić information content (AvgIpc) is 2.40. The second-order valence-electron chi connectivity index (χ2n) is 3.35. The van der Waals surface area contributed by atoms with Gasteiger partial charge in [-0.15, -0.1) is 0 Å². The molecule has 1 unspecified atom stereocenters. The summed E-state index contributed by atoms with van der Waals surface area (Å²) >= 11 is 0. The lowest BCUT2D eigenvalue weighted by Crippen LogP contribution is -2.13. The van der Waals surface area contributed by atoms with Gasteiger partial charge in [0.2, 0.25) is 0 Å². The number of esters is 1. The topological polar surface area (TPSA) is 130 Å². The van der Waals surface area contributed by atoms with Crippen LogP contribution in [0.25, 0.3) is 0 Å². The number of aliphatic carboxylic acids is 1. The second kappa shape index (κ2) is 14.9. The number of nitrogens with zero attached hydrogens (tertiary/aromatic N) is 2. The van der Waals surface area contributed by atoms with Crippen molar-refractivity contribution in [2.45, 2.75) is 12.8 Å². The Morgan fingerprint density at radius 1 is 1.15 bits per heavy atom. The summed E-state index contributed by atoms with van der Waals surface area (Å²) in [6.45, 7) is 0.901. The smallest absolute Gasteiger partial charge is 0.320 e. The molecule has 0 radical (unpaired) electrons. The molecule has 0 amide bonds. The maximum absolute atomic E-state index is 10.4. The van der Waals surface area contributed by atoms with Gasteiger partial charge >= 0.3 is 11.9 Å². The van der Waals surface area contributed by atoms with Crippen LogP contribution in [-0.4, -0.2) is 51.1 Å². The van der Waals surface area contributed by atoms with E-state index in [0.29, 0.717) is 13.2 Å². The van der Waals surface area contributed by atoms with Crippen LogP contribution in [0, 0.1) is 28.6 Å². The molecule has 0 heterocycles. The van der Waals surface area contributed by atoms with Crippen molar-refractivity contribution in [2.75, 3.05) is 34.0 Å². The fourth-order valence-corrected chi connectivity index (χ4v) is 0.833. The SMILES string of the molecule is COCCC(C#N)C(=O)O.COCCOC(=O)CC#N. The largest absolute Gasteiger partial charge is 0.480 e. The highest BCUT2D eigenvalue weighted by atomic mass is 16.6. The summed E-state index contributed by atoms with van der Waals surface area (Å²) < 4.78 is 13.8. The Morgan fingerprint density at radius 3 is 2.15 bits per heavy atom. The highest BCUT2D eigenvalue weighted by Gasteiger charge is 2.14. The monoisotopic (exact) mass is 286 g/mol. The minimum Gasteiger partial charge on any atom is -0.480 e. The molecule has 20 heavy (non-hydrogen) atoms. The van der Waals surface area contributed by atoms with Gasteiger partial charge < -0.3 is 19.3 Å². The maximum atomic E-state index is 10.4. The molecule has 0 rings (SSSR count). The molecule has 0 spiro atoms. The normalized spacial score (nSPS) is 10.2. The Hall–Kier alpha value is -2.16. The lowest BCUT2D eigenvalue weighted by atomic mass is 10.1. The van der Waals surface area contributed by atoms with Gasteiger partial charge in [0.05, 0.1) is 18.7 Å². The minimum atomic E-state index is -1.08. The molecule has 0 aliphatic carbocycles. The van der Waals surface area contributed by atoms with Gasteiger partial charge in [0.15, 0.2) is 0 Å². The Kier molecular flexibility index (Phi) is 15.0. The fourth-order valence-electron chi connectivity index (χ4n) is 0.833. The standard InChI is InChI=1S/2C6H9NO3/c1-9-4-5-10-6(8)2-3-7;1-10-3-2-5(4-7)6(8)9/h2,4-5H2,1H3;5H,2-3H2,1H3,(H,8,9). The highest BCUT2D eigenvalue weighted by molar-refractivity contribution is 5.72. The molecule has 0 saturated carbocycles.